The summed E-state index contributed by atoms with van der Waals surface area (Å²) in [4.78, 5) is 29.8. The van der Waals surface area contributed by atoms with E-state index in [0.717, 1.165) is 22.9 Å². The number of thioether (sulfide) groups is 1. The molecule has 1 N–H and O–H groups in total. The van der Waals surface area contributed by atoms with Crippen molar-refractivity contribution in [3.8, 4) is 5.75 Å². The Balaban J connectivity index is 2.05. The number of carbonyl (C=O) groups is 2. The van der Waals surface area contributed by atoms with Gasteiger partial charge >= 0.3 is 5.97 Å². The molecule has 2 aromatic carbocycles. The van der Waals surface area contributed by atoms with Crippen molar-refractivity contribution < 1.29 is 24.2 Å². The Morgan fingerprint density at radius 2 is 1.77 bits per heavy atom. The van der Waals surface area contributed by atoms with Crippen molar-refractivity contribution in [1.82, 2.24) is 0 Å². The molecule has 0 atom stereocenters. The van der Waals surface area contributed by atoms with Crippen molar-refractivity contribution >= 4 is 34.8 Å². The summed E-state index contributed by atoms with van der Waals surface area (Å²) in [5.74, 6) is -0.854. The minimum Gasteiger partial charge on any atom is -0.506 e. The van der Waals surface area contributed by atoms with Crippen LogP contribution in [0.4, 0.5) is 0 Å². The van der Waals surface area contributed by atoms with Crippen LogP contribution in [-0.4, -0.2) is 35.2 Å². The number of amides is 1. The highest BCUT2D eigenvalue weighted by molar-refractivity contribution is 8.18. The molecule has 2 aromatic rings. The molecule has 0 saturated heterocycles. The summed E-state index contributed by atoms with van der Waals surface area (Å²) in [6.07, 6.45) is 1.70. The number of aliphatic hydroxyl groups is 1. The number of hydrogen-bond donors (Lipinski definition) is 1. The summed E-state index contributed by atoms with van der Waals surface area (Å²) in [7, 11) is 0. The zero-order valence-electron chi connectivity index (χ0n) is 17.5. The molecule has 0 unspecified atom stereocenters. The van der Waals surface area contributed by atoms with E-state index in [4.69, 9.17) is 9.47 Å². The lowest BCUT2D eigenvalue weighted by molar-refractivity contribution is -0.138. The zero-order valence-corrected chi connectivity index (χ0v) is 18.4. The van der Waals surface area contributed by atoms with E-state index in [2.05, 4.69) is 4.99 Å². The molecule has 160 valence electrons. The molecule has 1 aliphatic heterocycles. The molecule has 6 nitrogen and oxygen atoms in total. The Hall–Kier alpha value is -3.32. The number of carbonyl (C=O) groups excluding carboxylic acids is 2. The quantitative estimate of drug-likeness (QED) is 0.633. The molecule has 0 bridgehead atoms. The third kappa shape index (κ3) is 5.06. The van der Waals surface area contributed by atoms with Gasteiger partial charge < -0.3 is 14.6 Å². The SMILES string of the molecule is CCOC(=O)C1=C(O)/C(=C/c2ccccc2OCC)SC1=NC(=O)c1ccccc1C. The van der Waals surface area contributed by atoms with Crippen molar-refractivity contribution in [3.63, 3.8) is 0 Å². The first-order valence-corrected chi connectivity index (χ1v) is 10.7. The van der Waals surface area contributed by atoms with Crippen molar-refractivity contribution in [1.29, 1.82) is 0 Å². The number of esters is 1. The van der Waals surface area contributed by atoms with Gasteiger partial charge in [0.1, 0.15) is 22.1 Å². The van der Waals surface area contributed by atoms with E-state index in [9.17, 15) is 14.7 Å². The summed E-state index contributed by atoms with van der Waals surface area (Å²) < 4.78 is 10.7. The molecule has 3 rings (SSSR count). The van der Waals surface area contributed by atoms with Crippen LogP contribution in [0.25, 0.3) is 6.08 Å². The maximum atomic E-state index is 12.8. The van der Waals surface area contributed by atoms with Crippen LogP contribution in [-0.2, 0) is 9.53 Å². The summed E-state index contributed by atoms with van der Waals surface area (Å²) in [6.45, 7) is 5.98. The smallest absolute Gasteiger partial charge is 0.344 e. The lowest BCUT2D eigenvalue weighted by Crippen LogP contribution is -2.14. The number of benzene rings is 2. The van der Waals surface area contributed by atoms with E-state index in [0.29, 0.717) is 22.8 Å². The minimum absolute atomic E-state index is 0.101. The lowest BCUT2D eigenvalue weighted by atomic mass is 10.1. The summed E-state index contributed by atoms with van der Waals surface area (Å²) in [5, 5.41) is 10.9. The number of aliphatic imine (C=N–C) groups is 1. The van der Waals surface area contributed by atoms with E-state index in [-0.39, 0.29) is 23.0 Å². The molecule has 0 saturated carbocycles. The molecule has 31 heavy (non-hydrogen) atoms. The van der Waals surface area contributed by atoms with Crippen LogP contribution >= 0.6 is 11.8 Å². The Bertz CT molecular complexity index is 1100. The fourth-order valence-corrected chi connectivity index (χ4v) is 3.99. The third-order valence-electron chi connectivity index (χ3n) is 4.45. The van der Waals surface area contributed by atoms with Crippen molar-refractivity contribution in [2.45, 2.75) is 20.8 Å². The molecule has 1 amide bonds. The van der Waals surface area contributed by atoms with Gasteiger partial charge in [-0.15, -0.1) is 0 Å². The molecule has 0 fully saturated rings. The second-order valence-electron chi connectivity index (χ2n) is 6.56. The van der Waals surface area contributed by atoms with E-state index < -0.39 is 11.9 Å². The van der Waals surface area contributed by atoms with Crippen LogP contribution in [0, 0.1) is 6.92 Å². The fraction of sp³-hybridized carbons (Fsp3) is 0.208. The van der Waals surface area contributed by atoms with Crippen molar-refractivity contribution in [3.05, 3.63) is 81.5 Å². The van der Waals surface area contributed by atoms with Crippen LogP contribution in [0.1, 0.15) is 35.3 Å². The molecule has 0 aromatic heterocycles. The zero-order chi connectivity index (χ0) is 22.4. The van der Waals surface area contributed by atoms with Crippen LogP contribution in [0.2, 0.25) is 0 Å². The number of aryl methyl sites for hydroxylation is 1. The van der Waals surface area contributed by atoms with E-state index in [1.165, 1.54) is 0 Å². The summed E-state index contributed by atoms with van der Waals surface area (Å²) >= 11 is 1.04. The highest BCUT2D eigenvalue weighted by atomic mass is 32.2. The number of ether oxygens (including phenoxy) is 2. The molecule has 1 heterocycles. The minimum atomic E-state index is -0.731. The second-order valence-corrected chi connectivity index (χ2v) is 7.59. The molecule has 7 heteroatoms. The average molecular weight is 438 g/mol. The lowest BCUT2D eigenvalue weighted by Gasteiger charge is -2.07. The van der Waals surface area contributed by atoms with Gasteiger partial charge in [0.25, 0.3) is 5.91 Å². The Labute approximate surface area is 185 Å². The fourth-order valence-electron chi connectivity index (χ4n) is 2.99. The Morgan fingerprint density at radius 1 is 1.06 bits per heavy atom. The van der Waals surface area contributed by atoms with Gasteiger partial charge in [0.05, 0.1) is 18.1 Å². The predicted octanol–water partition coefficient (Wildman–Crippen LogP) is 5.10. The van der Waals surface area contributed by atoms with Crippen LogP contribution in [0.3, 0.4) is 0 Å². The molecule has 0 radical (unpaired) electrons. The maximum Gasteiger partial charge on any atom is 0.344 e. The molecular formula is C24H23NO5S. The second kappa shape index (κ2) is 10.1. The van der Waals surface area contributed by atoms with Crippen molar-refractivity contribution in [2.24, 2.45) is 4.99 Å². The highest BCUT2D eigenvalue weighted by Gasteiger charge is 2.34. The monoisotopic (exact) mass is 437 g/mol. The topological polar surface area (TPSA) is 85.2 Å². The van der Waals surface area contributed by atoms with Gasteiger partial charge in [-0.25, -0.2) is 9.79 Å². The van der Waals surface area contributed by atoms with Gasteiger partial charge in [-0.3, -0.25) is 4.79 Å². The Morgan fingerprint density at radius 3 is 2.48 bits per heavy atom. The first-order chi connectivity index (χ1) is 15.0. The maximum absolute atomic E-state index is 12.8. The molecular weight excluding hydrogens is 414 g/mol. The molecule has 0 aliphatic carbocycles. The first-order valence-electron chi connectivity index (χ1n) is 9.87. The Kier molecular flexibility index (Phi) is 7.31. The third-order valence-corrected chi connectivity index (χ3v) is 5.47. The number of hydrogen-bond acceptors (Lipinski definition) is 6. The summed E-state index contributed by atoms with van der Waals surface area (Å²) in [5.41, 5.74) is 1.81. The number of rotatable bonds is 6. The van der Waals surface area contributed by atoms with E-state index >= 15 is 0 Å². The van der Waals surface area contributed by atoms with Crippen LogP contribution < -0.4 is 4.74 Å². The highest BCUT2D eigenvalue weighted by Crippen LogP contribution is 2.40. The number of aliphatic hydroxyl groups excluding tert-OH is 1. The average Bonchev–Trinajstić information content (AvgIpc) is 3.04. The van der Waals surface area contributed by atoms with E-state index in [1.807, 2.05) is 50.2 Å². The predicted molar refractivity (Wildman–Crippen MR) is 122 cm³/mol. The van der Waals surface area contributed by atoms with Gasteiger partial charge in [0, 0.05) is 11.1 Å². The number of para-hydroxylation sites is 1. The van der Waals surface area contributed by atoms with Crippen LogP contribution in [0.15, 0.2) is 69.8 Å². The van der Waals surface area contributed by atoms with Gasteiger partial charge in [0.2, 0.25) is 0 Å². The summed E-state index contributed by atoms with van der Waals surface area (Å²) in [6, 6.07) is 14.4. The molecule has 0 spiro atoms. The molecule has 1 aliphatic rings. The first kappa shape index (κ1) is 22.4. The number of nitrogens with zero attached hydrogens (tertiary/aromatic N) is 1. The van der Waals surface area contributed by atoms with Gasteiger partial charge in [-0.05, 0) is 44.5 Å². The van der Waals surface area contributed by atoms with E-state index in [1.54, 1.807) is 25.1 Å². The van der Waals surface area contributed by atoms with Gasteiger partial charge in [-0.2, -0.15) is 0 Å². The van der Waals surface area contributed by atoms with Gasteiger partial charge in [0.15, 0.2) is 0 Å². The van der Waals surface area contributed by atoms with Gasteiger partial charge in [-0.1, -0.05) is 48.2 Å². The normalized spacial score (nSPS) is 16.1. The van der Waals surface area contributed by atoms with Crippen LogP contribution in [0.5, 0.6) is 5.75 Å². The largest absolute Gasteiger partial charge is 0.506 e. The standard InChI is InChI=1S/C24H23NO5S/c1-4-29-18-13-9-7-11-16(18)14-19-21(26)20(24(28)30-5-2)23(31-19)25-22(27)17-12-8-6-10-15(17)3/h6-14,26H,4-5H2,1-3H3/b19-14-,25-23?. The van der Waals surface area contributed by atoms with Crippen molar-refractivity contribution in [2.75, 3.05) is 13.2 Å².